The molecule has 4 heterocycles. The number of likely N-dealkylation sites (tertiary alicyclic amines) is 1. The molecule has 4 aliphatic heterocycles. The molecule has 210 valence electrons. The highest BCUT2D eigenvalue weighted by molar-refractivity contribution is 8.02. The summed E-state index contributed by atoms with van der Waals surface area (Å²) in [6.07, 6.45) is 9.79. The number of fused-ring (bicyclic) bond motifs is 2. The summed E-state index contributed by atoms with van der Waals surface area (Å²) in [5.41, 5.74) is 2.86. The second kappa shape index (κ2) is 10.8. The van der Waals surface area contributed by atoms with Gasteiger partial charge in [0.15, 0.2) is 0 Å². The van der Waals surface area contributed by atoms with Crippen molar-refractivity contribution >= 4 is 35.2 Å². The van der Waals surface area contributed by atoms with E-state index in [0.717, 1.165) is 29.7 Å². The Morgan fingerprint density at radius 3 is 2.41 bits per heavy atom. The number of aliphatic hydroxyl groups is 1. The third-order valence-electron chi connectivity index (χ3n) is 9.23. The van der Waals surface area contributed by atoms with Crippen LogP contribution in [0.5, 0.6) is 0 Å². The topological polar surface area (TPSA) is 81.2 Å². The van der Waals surface area contributed by atoms with E-state index in [4.69, 9.17) is 0 Å². The minimum Gasteiger partial charge on any atom is -0.394 e. The van der Waals surface area contributed by atoms with Crippen LogP contribution in [-0.4, -0.2) is 80.9 Å². The number of aliphatic hydroxyl groups excluding tert-OH is 1. The maximum atomic E-state index is 14.8. The minimum atomic E-state index is -0.884. The third kappa shape index (κ3) is 4.26. The second-order valence-electron chi connectivity index (χ2n) is 11.5. The fraction of sp³-hybridized carbons (Fsp3) is 0.581. The number of aryl methyl sites for hydroxylation is 2. The molecule has 1 N–H and O–H groups in total. The Labute approximate surface area is 236 Å². The lowest BCUT2D eigenvalue weighted by atomic mass is 9.78. The lowest BCUT2D eigenvalue weighted by Crippen LogP contribution is -2.58. The summed E-state index contributed by atoms with van der Waals surface area (Å²) in [4.78, 5) is 48.7. The summed E-state index contributed by atoms with van der Waals surface area (Å²) in [6, 6.07) is 4.68. The number of rotatable bonds is 7. The first-order valence-electron chi connectivity index (χ1n) is 14.3. The van der Waals surface area contributed by atoms with Crippen LogP contribution in [0.2, 0.25) is 0 Å². The first kappa shape index (κ1) is 28.0. The van der Waals surface area contributed by atoms with E-state index >= 15 is 0 Å². The van der Waals surface area contributed by atoms with Gasteiger partial charge in [0.2, 0.25) is 11.8 Å². The highest BCUT2D eigenvalue weighted by Crippen LogP contribution is 2.61. The van der Waals surface area contributed by atoms with Crippen molar-refractivity contribution in [1.82, 2.24) is 9.80 Å². The molecule has 7 atom stereocenters. The predicted molar refractivity (Wildman–Crippen MR) is 155 cm³/mol. The number of carbonyl (C=O) groups is 3. The highest BCUT2D eigenvalue weighted by Gasteiger charge is 2.72. The maximum absolute atomic E-state index is 14.8. The van der Waals surface area contributed by atoms with Crippen LogP contribution in [0, 0.1) is 31.6 Å². The van der Waals surface area contributed by atoms with E-state index in [-0.39, 0.29) is 35.5 Å². The number of hydrogen-bond acceptors (Lipinski definition) is 5. The lowest BCUT2D eigenvalue weighted by molar-refractivity contribution is -0.145. The molecule has 2 saturated heterocycles. The van der Waals surface area contributed by atoms with Crippen LogP contribution in [0.15, 0.2) is 42.5 Å². The summed E-state index contributed by atoms with van der Waals surface area (Å²) in [5.74, 6) is -1.53. The third-order valence-corrected chi connectivity index (χ3v) is 11.0. The van der Waals surface area contributed by atoms with Crippen molar-refractivity contribution in [1.29, 1.82) is 0 Å². The molecule has 1 unspecified atom stereocenters. The summed E-state index contributed by atoms with van der Waals surface area (Å²) >= 11 is 1.60. The van der Waals surface area contributed by atoms with Crippen LogP contribution in [0.25, 0.3) is 0 Å². The number of benzene rings is 1. The van der Waals surface area contributed by atoms with E-state index in [2.05, 4.69) is 19.1 Å². The molecular weight excluding hydrogens is 510 g/mol. The average molecular weight is 552 g/mol. The first-order chi connectivity index (χ1) is 18.7. The zero-order valence-corrected chi connectivity index (χ0v) is 24.5. The van der Waals surface area contributed by atoms with Gasteiger partial charge in [-0.1, -0.05) is 69.7 Å². The van der Waals surface area contributed by atoms with Gasteiger partial charge in [-0.15, -0.1) is 11.8 Å². The summed E-state index contributed by atoms with van der Waals surface area (Å²) in [7, 11) is 0. The van der Waals surface area contributed by atoms with E-state index in [1.54, 1.807) is 16.7 Å². The molecule has 0 saturated carbocycles. The lowest BCUT2D eigenvalue weighted by Gasteiger charge is -2.40. The van der Waals surface area contributed by atoms with Crippen LogP contribution in [0.1, 0.15) is 44.7 Å². The number of thioether (sulfide) groups is 1. The van der Waals surface area contributed by atoms with E-state index in [9.17, 15) is 19.5 Å². The molecule has 1 aromatic carbocycles. The molecule has 0 radical (unpaired) electrons. The Morgan fingerprint density at radius 1 is 1.05 bits per heavy atom. The second-order valence-corrected chi connectivity index (χ2v) is 13.0. The molecule has 4 aliphatic rings. The van der Waals surface area contributed by atoms with Crippen molar-refractivity contribution in [3.05, 3.63) is 53.6 Å². The molecule has 2 fully saturated rings. The number of anilines is 1. The number of nitrogens with zero attached hydrogens (tertiary/aromatic N) is 3. The van der Waals surface area contributed by atoms with Gasteiger partial charge in [-0.05, 0) is 37.3 Å². The molecule has 5 rings (SSSR count). The average Bonchev–Trinajstić information content (AvgIpc) is 3.23. The molecule has 0 aliphatic carbocycles. The first-order valence-corrected chi connectivity index (χ1v) is 15.2. The Bertz CT molecular complexity index is 1190. The molecule has 7 nitrogen and oxygen atoms in total. The minimum absolute atomic E-state index is 0.00374. The van der Waals surface area contributed by atoms with Crippen LogP contribution in [-0.2, 0) is 14.4 Å². The number of hydrogen-bond donors (Lipinski definition) is 1. The van der Waals surface area contributed by atoms with Gasteiger partial charge < -0.3 is 19.8 Å². The van der Waals surface area contributed by atoms with Crippen molar-refractivity contribution in [2.75, 3.05) is 31.1 Å². The number of amides is 3. The zero-order valence-electron chi connectivity index (χ0n) is 23.7. The van der Waals surface area contributed by atoms with E-state index in [0.29, 0.717) is 19.6 Å². The Morgan fingerprint density at radius 2 is 1.77 bits per heavy atom. The van der Waals surface area contributed by atoms with Gasteiger partial charge >= 0.3 is 0 Å². The predicted octanol–water partition coefficient (Wildman–Crippen LogP) is 3.72. The monoisotopic (exact) mass is 551 g/mol. The van der Waals surface area contributed by atoms with Crippen molar-refractivity contribution < 1.29 is 19.5 Å². The number of carbonyl (C=O) groups excluding carboxylic acids is 3. The van der Waals surface area contributed by atoms with Gasteiger partial charge in [-0.2, -0.15) is 0 Å². The van der Waals surface area contributed by atoms with Gasteiger partial charge in [0.25, 0.3) is 5.91 Å². The standard InChI is InChI=1S/C31H41N3O4S/c1-6-15-32-16-9-13-23-24(28(32)36)25-29(37)34(22(18-35)19(3)7-2)27-30(38)33(17-10-14-31(25,27)39-23)26-20(4)11-8-12-21(26)5/h8-14,19,22-25,27,35H,6-7,15-18H2,1-5H3/t19-,22-,23-,24+,25-,27?,31-/m0/s1. The summed E-state index contributed by atoms with van der Waals surface area (Å²) in [5, 5.41) is 10.4. The van der Waals surface area contributed by atoms with Crippen LogP contribution >= 0.6 is 11.8 Å². The molecule has 3 amide bonds. The molecule has 39 heavy (non-hydrogen) atoms. The molecule has 0 aromatic heterocycles. The van der Waals surface area contributed by atoms with Crippen LogP contribution in [0.3, 0.4) is 0 Å². The Balaban J connectivity index is 1.67. The van der Waals surface area contributed by atoms with Gasteiger partial charge in [0.05, 0.1) is 29.2 Å². The van der Waals surface area contributed by atoms with Gasteiger partial charge in [-0.3, -0.25) is 14.4 Å². The SMILES string of the molecule is CCCN1CC=C[C@@H]2S[C@]34C=CCN(c5c(C)cccc5C)C(=O)C3N([C@@H](CO)[C@@H](C)CC)C(=O)[C@@H]4[C@@H]2C1=O. The quantitative estimate of drug-likeness (QED) is 0.523. The van der Waals surface area contributed by atoms with Gasteiger partial charge in [-0.25, -0.2) is 0 Å². The normalized spacial score (nSPS) is 31.6. The van der Waals surface area contributed by atoms with Crippen molar-refractivity contribution in [3.63, 3.8) is 0 Å². The van der Waals surface area contributed by atoms with Crippen molar-refractivity contribution in [3.8, 4) is 0 Å². The van der Waals surface area contributed by atoms with Crippen molar-refractivity contribution in [2.24, 2.45) is 17.8 Å². The van der Waals surface area contributed by atoms with Crippen molar-refractivity contribution in [2.45, 2.75) is 69.5 Å². The molecule has 1 spiro atoms. The smallest absolute Gasteiger partial charge is 0.251 e. The van der Waals surface area contributed by atoms with E-state index in [1.807, 2.05) is 67.8 Å². The Hall–Kier alpha value is -2.58. The summed E-state index contributed by atoms with van der Waals surface area (Å²) in [6.45, 7) is 11.5. The molecule has 8 heteroatoms. The van der Waals surface area contributed by atoms with E-state index < -0.39 is 28.7 Å². The maximum Gasteiger partial charge on any atom is 0.251 e. The molecule has 1 aromatic rings. The highest BCUT2D eigenvalue weighted by atomic mass is 32.2. The zero-order chi connectivity index (χ0) is 28.1. The van der Waals surface area contributed by atoms with Gasteiger partial charge in [0, 0.05) is 30.6 Å². The van der Waals surface area contributed by atoms with Crippen LogP contribution < -0.4 is 4.90 Å². The molecule has 0 bridgehead atoms. The fourth-order valence-electron chi connectivity index (χ4n) is 7.20. The van der Waals surface area contributed by atoms with Gasteiger partial charge in [0.1, 0.15) is 6.04 Å². The number of para-hydroxylation sites is 1. The summed E-state index contributed by atoms with van der Waals surface area (Å²) < 4.78 is -0.884. The molecular formula is C31H41N3O4S. The van der Waals surface area contributed by atoms with Crippen LogP contribution in [0.4, 0.5) is 5.69 Å². The largest absolute Gasteiger partial charge is 0.394 e. The fourth-order valence-corrected chi connectivity index (χ4v) is 9.20. The van der Waals surface area contributed by atoms with E-state index in [1.165, 1.54) is 0 Å². The Kier molecular flexibility index (Phi) is 7.72.